The van der Waals surface area contributed by atoms with Gasteiger partial charge in [0.2, 0.25) is 5.91 Å². The maximum atomic E-state index is 13.0. The Morgan fingerprint density at radius 1 is 1.06 bits per heavy atom. The van der Waals surface area contributed by atoms with Gasteiger partial charge in [-0.25, -0.2) is 8.78 Å². The van der Waals surface area contributed by atoms with E-state index in [0.717, 1.165) is 0 Å². The van der Waals surface area contributed by atoms with E-state index in [1.54, 1.807) is 18.2 Å². The molecule has 2 N–H and O–H groups in total. The summed E-state index contributed by atoms with van der Waals surface area (Å²) in [5.74, 6) is -5.74. The summed E-state index contributed by atoms with van der Waals surface area (Å²) >= 11 is 30.7. The lowest BCUT2D eigenvalue weighted by Crippen LogP contribution is -2.34. The van der Waals surface area contributed by atoms with Gasteiger partial charge in [-0.2, -0.15) is 0 Å². The predicted octanol–water partition coefficient (Wildman–Crippen LogP) is 6.56. The van der Waals surface area contributed by atoms with Gasteiger partial charge in [0.15, 0.2) is 0 Å². The number of amides is 2. The lowest BCUT2D eigenvalue weighted by molar-refractivity contribution is -0.117. The van der Waals surface area contributed by atoms with E-state index in [1.807, 2.05) is 0 Å². The van der Waals surface area contributed by atoms with Gasteiger partial charge in [-0.1, -0.05) is 34.8 Å². The molecule has 2 aromatic rings. The molecule has 31 heavy (non-hydrogen) atoms. The number of anilines is 1. The van der Waals surface area contributed by atoms with Crippen LogP contribution in [0.4, 0.5) is 14.5 Å². The van der Waals surface area contributed by atoms with Crippen molar-refractivity contribution in [2.45, 2.75) is 23.1 Å². The van der Waals surface area contributed by atoms with Crippen molar-refractivity contribution >= 4 is 75.5 Å². The fourth-order valence-electron chi connectivity index (χ4n) is 3.15. The quantitative estimate of drug-likeness (QED) is 0.416. The SMILES string of the molecule is CC(F)(F)CNC(=O)c1cc(NC(=O)[C@H]2[C@H](c3cc(Cl)cc(Cl)c3)C2(Cl)Cl)ccc1Cl. The average Bonchev–Trinajstić information content (AvgIpc) is 3.22. The smallest absolute Gasteiger partial charge is 0.262 e. The van der Waals surface area contributed by atoms with Crippen molar-refractivity contribution in [3.8, 4) is 0 Å². The van der Waals surface area contributed by atoms with Gasteiger partial charge in [-0.05, 0) is 42.0 Å². The van der Waals surface area contributed by atoms with Gasteiger partial charge in [-0.3, -0.25) is 9.59 Å². The van der Waals surface area contributed by atoms with E-state index < -0.39 is 40.5 Å². The van der Waals surface area contributed by atoms with Gasteiger partial charge in [0.05, 0.1) is 23.0 Å². The van der Waals surface area contributed by atoms with Crippen LogP contribution < -0.4 is 10.6 Å². The molecule has 11 heteroatoms. The fourth-order valence-corrected chi connectivity index (χ4v) is 4.72. The van der Waals surface area contributed by atoms with Crippen molar-refractivity contribution in [2.24, 2.45) is 5.92 Å². The van der Waals surface area contributed by atoms with E-state index in [2.05, 4.69) is 10.6 Å². The lowest BCUT2D eigenvalue weighted by atomic mass is 10.1. The Balaban J connectivity index is 1.75. The van der Waals surface area contributed by atoms with Crippen LogP contribution in [0.25, 0.3) is 0 Å². The minimum absolute atomic E-state index is 0.0387. The number of alkyl halides is 4. The number of carbonyl (C=O) groups excluding carboxylic acids is 2. The van der Waals surface area contributed by atoms with E-state index in [0.29, 0.717) is 22.5 Å². The summed E-state index contributed by atoms with van der Waals surface area (Å²) in [6.07, 6.45) is 0. The lowest BCUT2D eigenvalue weighted by Gasteiger charge is -2.13. The third-order valence-electron chi connectivity index (χ3n) is 4.62. The maximum absolute atomic E-state index is 13.0. The van der Waals surface area contributed by atoms with Crippen LogP contribution in [0.5, 0.6) is 0 Å². The van der Waals surface area contributed by atoms with Crippen LogP contribution >= 0.6 is 58.0 Å². The highest BCUT2D eigenvalue weighted by molar-refractivity contribution is 6.53. The van der Waals surface area contributed by atoms with Crippen molar-refractivity contribution in [3.05, 3.63) is 62.6 Å². The Kier molecular flexibility index (Phi) is 6.99. The summed E-state index contributed by atoms with van der Waals surface area (Å²) in [6.45, 7) is -0.180. The molecule has 1 aliphatic carbocycles. The number of hydrogen-bond acceptors (Lipinski definition) is 2. The number of rotatable bonds is 6. The maximum Gasteiger partial charge on any atom is 0.262 e. The van der Waals surface area contributed by atoms with E-state index in [4.69, 9.17) is 58.0 Å². The van der Waals surface area contributed by atoms with Gasteiger partial charge in [0.25, 0.3) is 11.8 Å². The summed E-state index contributed by atoms with van der Waals surface area (Å²) < 4.78 is 24.6. The monoisotopic (exact) mass is 528 g/mol. The van der Waals surface area contributed by atoms with Gasteiger partial charge in [-0.15, -0.1) is 23.2 Å². The fraction of sp³-hybridized carbons (Fsp3) is 0.300. The van der Waals surface area contributed by atoms with Crippen LogP contribution in [0.1, 0.15) is 28.8 Å². The van der Waals surface area contributed by atoms with Crippen LogP contribution in [0.15, 0.2) is 36.4 Å². The summed E-state index contributed by atoms with van der Waals surface area (Å²) in [7, 11) is 0. The second kappa shape index (κ2) is 8.91. The minimum atomic E-state index is -3.08. The molecule has 1 saturated carbocycles. The molecule has 2 amide bonds. The summed E-state index contributed by atoms with van der Waals surface area (Å²) in [4.78, 5) is 25.0. The summed E-state index contributed by atoms with van der Waals surface area (Å²) in [6, 6.07) is 8.90. The summed E-state index contributed by atoms with van der Waals surface area (Å²) in [5, 5.41) is 5.51. The topological polar surface area (TPSA) is 58.2 Å². The third-order valence-corrected chi connectivity index (χ3v) is 6.32. The van der Waals surface area contributed by atoms with Crippen molar-refractivity contribution in [1.29, 1.82) is 0 Å². The van der Waals surface area contributed by atoms with E-state index >= 15 is 0 Å². The number of halogens is 7. The molecule has 0 spiro atoms. The van der Waals surface area contributed by atoms with Crippen molar-refractivity contribution in [1.82, 2.24) is 5.32 Å². The molecular weight excluding hydrogens is 515 g/mol. The van der Waals surface area contributed by atoms with Gasteiger partial charge >= 0.3 is 0 Å². The standard InChI is InChI=1S/C20H15Cl5F2N2O2/c1-19(26,27)8-28-17(30)13-7-12(2-3-14(13)23)29-18(31)16-15(20(16,24)25)9-4-10(21)6-11(22)5-9/h2-7,15-16H,8H2,1H3,(H,28,30)(H,29,31)/t15-,16+/m0/s1. The van der Waals surface area contributed by atoms with Gasteiger partial charge in [0.1, 0.15) is 4.33 Å². The number of carbonyl (C=O) groups is 2. The molecule has 4 nitrogen and oxygen atoms in total. The average molecular weight is 531 g/mol. The molecule has 0 saturated heterocycles. The van der Waals surface area contributed by atoms with Crippen LogP contribution in [0.2, 0.25) is 15.1 Å². The largest absolute Gasteiger partial charge is 0.346 e. The number of hydrogen-bond donors (Lipinski definition) is 2. The molecule has 0 heterocycles. The molecule has 0 radical (unpaired) electrons. The van der Waals surface area contributed by atoms with Crippen LogP contribution in [-0.2, 0) is 4.79 Å². The van der Waals surface area contributed by atoms with Crippen LogP contribution in [0, 0.1) is 5.92 Å². The first-order valence-electron chi connectivity index (χ1n) is 8.90. The number of nitrogens with one attached hydrogen (secondary N) is 2. The highest BCUT2D eigenvalue weighted by Gasteiger charge is 2.67. The Labute approximate surface area is 202 Å². The van der Waals surface area contributed by atoms with Crippen molar-refractivity contribution in [2.75, 3.05) is 11.9 Å². The van der Waals surface area contributed by atoms with Crippen molar-refractivity contribution < 1.29 is 18.4 Å². The number of benzene rings is 2. The Hall–Kier alpha value is -1.31. The zero-order chi connectivity index (χ0) is 23.1. The van der Waals surface area contributed by atoms with E-state index in [9.17, 15) is 18.4 Å². The molecule has 2 atom stereocenters. The van der Waals surface area contributed by atoms with Crippen LogP contribution in [-0.4, -0.2) is 28.6 Å². The predicted molar refractivity (Wildman–Crippen MR) is 120 cm³/mol. The first-order valence-corrected chi connectivity index (χ1v) is 10.8. The highest BCUT2D eigenvalue weighted by Crippen LogP contribution is 2.65. The van der Waals surface area contributed by atoms with Crippen LogP contribution in [0.3, 0.4) is 0 Å². The summed E-state index contributed by atoms with van der Waals surface area (Å²) in [5.41, 5.74) is 0.765. The van der Waals surface area contributed by atoms with Gasteiger partial charge < -0.3 is 10.6 Å². The Bertz CT molecular complexity index is 1020. The molecule has 0 aliphatic heterocycles. The molecule has 0 unspecified atom stereocenters. The molecule has 0 aromatic heterocycles. The van der Waals surface area contributed by atoms with E-state index in [-0.39, 0.29) is 16.3 Å². The highest BCUT2D eigenvalue weighted by atomic mass is 35.5. The molecule has 3 rings (SSSR count). The molecule has 0 bridgehead atoms. The normalized spacial score (nSPS) is 19.6. The first kappa shape index (κ1) is 24.3. The molecule has 166 valence electrons. The zero-order valence-electron chi connectivity index (χ0n) is 15.8. The Morgan fingerprint density at radius 2 is 1.68 bits per heavy atom. The molecule has 2 aromatic carbocycles. The second-order valence-corrected chi connectivity index (χ2v) is 9.99. The van der Waals surface area contributed by atoms with Crippen molar-refractivity contribution in [3.63, 3.8) is 0 Å². The second-order valence-electron chi connectivity index (χ2n) is 7.27. The third kappa shape index (κ3) is 5.74. The van der Waals surface area contributed by atoms with E-state index in [1.165, 1.54) is 18.2 Å². The first-order chi connectivity index (χ1) is 14.3. The molecule has 1 aliphatic rings. The molecule has 1 fully saturated rings. The van der Waals surface area contributed by atoms with Gasteiger partial charge in [0, 0.05) is 28.6 Å². The minimum Gasteiger partial charge on any atom is -0.346 e. The molecular formula is C20H15Cl5F2N2O2. The zero-order valence-corrected chi connectivity index (χ0v) is 19.6. The Morgan fingerprint density at radius 3 is 2.26 bits per heavy atom.